The highest BCUT2D eigenvalue weighted by Crippen LogP contribution is 2.11. The number of rotatable bonds is 6. The minimum Gasteiger partial charge on any atom is -0.285 e. The second-order valence-corrected chi connectivity index (χ2v) is 5.30. The Kier molecular flexibility index (Phi) is 4.71. The fraction of sp³-hybridized carbons (Fsp3) is 0.333. The van der Waals surface area contributed by atoms with Gasteiger partial charge in [-0.15, -0.1) is 6.58 Å². The molecule has 1 N–H and O–H groups in total. The first-order valence-electron chi connectivity index (χ1n) is 5.17. The van der Waals surface area contributed by atoms with E-state index in [2.05, 4.69) is 6.58 Å². The molecule has 0 amide bonds. The molecule has 88 valence electrons. The number of hydrogen-bond acceptors (Lipinski definition) is 2. The highest BCUT2D eigenvalue weighted by molar-refractivity contribution is 7.86. The third-order valence-electron chi connectivity index (χ3n) is 2.44. The van der Waals surface area contributed by atoms with E-state index in [9.17, 15) is 8.42 Å². The van der Waals surface area contributed by atoms with E-state index in [1.807, 2.05) is 30.3 Å². The first kappa shape index (κ1) is 12.9. The summed E-state index contributed by atoms with van der Waals surface area (Å²) >= 11 is 0. The predicted octanol–water partition coefficient (Wildman–Crippen LogP) is 2.45. The second-order valence-electron chi connectivity index (χ2n) is 3.67. The molecule has 0 heterocycles. The van der Waals surface area contributed by atoms with Gasteiger partial charge in [0.15, 0.2) is 0 Å². The normalized spacial score (nSPS) is 13.3. The number of benzene rings is 1. The minimum atomic E-state index is -3.99. The highest BCUT2D eigenvalue weighted by Gasteiger charge is 2.18. The molecule has 1 aromatic rings. The predicted molar refractivity (Wildman–Crippen MR) is 64.9 cm³/mol. The Bertz CT molecular complexity index is 423. The number of aryl methyl sites for hydroxylation is 1. The van der Waals surface area contributed by atoms with Gasteiger partial charge in [-0.05, 0) is 24.8 Å². The van der Waals surface area contributed by atoms with E-state index in [1.54, 1.807) is 0 Å². The lowest BCUT2D eigenvalue weighted by Gasteiger charge is -2.08. The van der Waals surface area contributed by atoms with Gasteiger partial charge in [0, 0.05) is 0 Å². The summed E-state index contributed by atoms with van der Waals surface area (Å²) in [6.07, 6.45) is 3.19. The van der Waals surface area contributed by atoms with Crippen LogP contribution in [-0.2, 0) is 16.5 Å². The summed E-state index contributed by atoms with van der Waals surface area (Å²) in [7, 11) is -3.99. The third-order valence-corrected chi connectivity index (χ3v) is 3.64. The maximum Gasteiger partial charge on any atom is 0.271 e. The quantitative estimate of drug-likeness (QED) is 0.614. The van der Waals surface area contributed by atoms with E-state index in [-0.39, 0.29) is 0 Å². The molecular formula is C12H16O3S. The zero-order chi connectivity index (χ0) is 12.0. The molecule has 1 rings (SSSR count). The van der Waals surface area contributed by atoms with Crippen LogP contribution in [0.25, 0.3) is 0 Å². The van der Waals surface area contributed by atoms with E-state index < -0.39 is 15.4 Å². The van der Waals surface area contributed by atoms with E-state index in [1.165, 1.54) is 11.6 Å². The van der Waals surface area contributed by atoms with Crippen molar-refractivity contribution >= 4 is 10.1 Å². The van der Waals surface area contributed by atoms with Crippen LogP contribution >= 0.6 is 0 Å². The van der Waals surface area contributed by atoms with Gasteiger partial charge in [-0.2, -0.15) is 8.42 Å². The number of hydrogen-bond donors (Lipinski definition) is 1. The van der Waals surface area contributed by atoms with Crippen molar-refractivity contribution in [1.29, 1.82) is 0 Å². The average Bonchev–Trinajstić information content (AvgIpc) is 2.24. The fourth-order valence-electron chi connectivity index (χ4n) is 1.54. The van der Waals surface area contributed by atoms with Crippen molar-refractivity contribution in [3.05, 3.63) is 48.6 Å². The first-order chi connectivity index (χ1) is 7.54. The molecule has 1 aromatic carbocycles. The molecule has 1 unspecified atom stereocenters. The lowest BCUT2D eigenvalue weighted by molar-refractivity contribution is 0.470. The summed E-state index contributed by atoms with van der Waals surface area (Å²) in [5, 5.41) is -0.851. The molecule has 0 spiro atoms. The summed E-state index contributed by atoms with van der Waals surface area (Å²) in [5.74, 6) is 0. The van der Waals surface area contributed by atoms with E-state index >= 15 is 0 Å². The first-order valence-corrected chi connectivity index (χ1v) is 6.67. The Morgan fingerprint density at radius 2 is 1.94 bits per heavy atom. The van der Waals surface area contributed by atoms with Gasteiger partial charge >= 0.3 is 0 Å². The van der Waals surface area contributed by atoms with E-state index in [0.29, 0.717) is 12.8 Å². The summed E-state index contributed by atoms with van der Waals surface area (Å²) in [6, 6.07) is 9.83. The maximum atomic E-state index is 10.9. The fourth-order valence-corrected chi connectivity index (χ4v) is 2.25. The maximum absolute atomic E-state index is 10.9. The summed E-state index contributed by atoms with van der Waals surface area (Å²) in [6.45, 7) is 3.41. The van der Waals surface area contributed by atoms with E-state index in [0.717, 1.165) is 6.42 Å². The van der Waals surface area contributed by atoms with Crippen LogP contribution in [0.3, 0.4) is 0 Å². The van der Waals surface area contributed by atoms with Crippen molar-refractivity contribution in [2.24, 2.45) is 0 Å². The van der Waals surface area contributed by atoms with Gasteiger partial charge in [0.25, 0.3) is 10.1 Å². The van der Waals surface area contributed by atoms with Gasteiger partial charge in [0.2, 0.25) is 0 Å². The summed E-state index contributed by atoms with van der Waals surface area (Å²) in [4.78, 5) is 0. The van der Waals surface area contributed by atoms with Gasteiger partial charge < -0.3 is 0 Å². The van der Waals surface area contributed by atoms with Crippen molar-refractivity contribution in [3.8, 4) is 0 Å². The molecule has 4 heteroatoms. The molecule has 0 bridgehead atoms. The largest absolute Gasteiger partial charge is 0.285 e. The lowest BCUT2D eigenvalue weighted by atomic mass is 10.1. The Balaban J connectivity index is 2.44. The minimum absolute atomic E-state index is 0.400. The Morgan fingerprint density at radius 1 is 1.31 bits per heavy atom. The smallest absolute Gasteiger partial charge is 0.271 e. The molecular weight excluding hydrogens is 224 g/mol. The van der Waals surface area contributed by atoms with Crippen LogP contribution in [0.15, 0.2) is 43.0 Å². The van der Waals surface area contributed by atoms with Crippen LogP contribution in [-0.4, -0.2) is 18.2 Å². The van der Waals surface area contributed by atoms with Crippen LogP contribution in [0, 0.1) is 0 Å². The molecule has 0 aliphatic carbocycles. The molecule has 3 nitrogen and oxygen atoms in total. The molecule has 0 aliphatic heterocycles. The standard InChI is InChI=1S/C12H16O3S/c1-2-12(16(13,14)15)10-6-9-11-7-4-3-5-8-11/h2-5,7-8,12H,1,6,9-10H2,(H,13,14,15). The molecule has 0 aliphatic rings. The lowest BCUT2D eigenvalue weighted by Crippen LogP contribution is -2.17. The monoisotopic (exact) mass is 240 g/mol. The van der Waals surface area contributed by atoms with Crippen LogP contribution in [0.1, 0.15) is 18.4 Å². The molecule has 16 heavy (non-hydrogen) atoms. The molecule has 1 atom stereocenters. The average molecular weight is 240 g/mol. The Labute approximate surface area is 96.6 Å². The van der Waals surface area contributed by atoms with Gasteiger partial charge in [-0.3, -0.25) is 4.55 Å². The zero-order valence-electron chi connectivity index (χ0n) is 9.04. The molecule has 0 saturated heterocycles. The van der Waals surface area contributed by atoms with Crippen LogP contribution in [0.5, 0.6) is 0 Å². The SMILES string of the molecule is C=CC(CCCc1ccccc1)S(=O)(=O)O. The van der Waals surface area contributed by atoms with Gasteiger partial charge in [0.1, 0.15) is 5.25 Å². The van der Waals surface area contributed by atoms with Crippen LogP contribution in [0.2, 0.25) is 0 Å². The van der Waals surface area contributed by atoms with Crippen molar-refractivity contribution in [1.82, 2.24) is 0 Å². The molecule has 0 fully saturated rings. The van der Waals surface area contributed by atoms with Gasteiger partial charge in [-0.25, -0.2) is 0 Å². The van der Waals surface area contributed by atoms with Crippen molar-refractivity contribution < 1.29 is 13.0 Å². The van der Waals surface area contributed by atoms with Crippen molar-refractivity contribution in [2.75, 3.05) is 0 Å². The van der Waals surface area contributed by atoms with E-state index in [4.69, 9.17) is 4.55 Å². The van der Waals surface area contributed by atoms with Gasteiger partial charge in [0.05, 0.1) is 0 Å². The molecule has 0 saturated carbocycles. The van der Waals surface area contributed by atoms with Crippen molar-refractivity contribution in [3.63, 3.8) is 0 Å². The topological polar surface area (TPSA) is 54.4 Å². The zero-order valence-corrected chi connectivity index (χ0v) is 9.86. The highest BCUT2D eigenvalue weighted by atomic mass is 32.2. The molecule has 0 radical (unpaired) electrons. The Hall–Kier alpha value is -1.13. The second kappa shape index (κ2) is 5.82. The van der Waals surface area contributed by atoms with Gasteiger partial charge in [-0.1, -0.05) is 36.4 Å². The van der Waals surface area contributed by atoms with Crippen LogP contribution < -0.4 is 0 Å². The third kappa shape index (κ3) is 4.16. The Morgan fingerprint density at radius 3 is 2.44 bits per heavy atom. The summed E-state index contributed by atoms with van der Waals surface area (Å²) < 4.78 is 30.7. The van der Waals surface area contributed by atoms with Crippen LogP contribution in [0.4, 0.5) is 0 Å². The summed E-state index contributed by atoms with van der Waals surface area (Å²) in [5.41, 5.74) is 1.17. The van der Waals surface area contributed by atoms with Crippen molar-refractivity contribution in [2.45, 2.75) is 24.5 Å². The molecule has 0 aromatic heterocycles.